The van der Waals surface area contributed by atoms with Crippen LogP contribution in [-0.4, -0.2) is 62.7 Å². The predicted octanol–water partition coefficient (Wildman–Crippen LogP) is -0.641. The van der Waals surface area contributed by atoms with Crippen molar-refractivity contribution >= 4 is 0 Å². The van der Waals surface area contributed by atoms with Crippen molar-refractivity contribution in [2.75, 3.05) is 46.6 Å². The van der Waals surface area contributed by atoms with Crippen molar-refractivity contribution in [3.05, 3.63) is 0 Å². The average molecular weight is 227 g/mol. The van der Waals surface area contributed by atoms with Gasteiger partial charge in [0.2, 0.25) is 0 Å². The smallest absolute Gasteiger partial charge is 0.0900 e. The van der Waals surface area contributed by atoms with Gasteiger partial charge in [0, 0.05) is 13.7 Å². The van der Waals surface area contributed by atoms with Crippen LogP contribution in [0.15, 0.2) is 0 Å². The van der Waals surface area contributed by atoms with Crippen LogP contribution >= 0.6 is 0 Å². The average Bonchev–Trinajstić information content (AvgIpc) is 2.25. The third kappa shape index (κ3) is 8.16. The number of hydrogen-bond acceptors (Lipinski definition) is 6. The maximum absolute atomic E-state index is 9.55. The van der Waals surface area contributed by atoms with Crippen LogP contribution in [0.25, 0.3) is 0 Å². The molecule has 0 aliphatic heterocycles. The van der Waals surface area contributed by atoms with Gasteiger partial charge in [0.1, 0.15) is 0 Å². The van der Waals surface area contributed by atoms with Gasteiger partial charge in [-0.25, -0.2) is 0 Å². The van der Waals surface area contributed by atoms with E-state index in [1.165, 1.54) is 0 Å². The van der Waals surface area contributed by atoms with Gasteiger partial charge < -0.3 is 14.6 Å². The predicted molar refractivity (Wildman–Crippen MR) is 56.4 cm³/mol. The molecule has 0 aromatic carbocycles. The first-order valence-electron chi connectivity index (χ1n) is 4.95. The molecule has 0 aromatic rings. The van der Waals surface area contributed by atoms with E-state index in [2.05, 4.69) is 0 Å². The number of aliphatic hydroxyl groups is 1. The molecule has 6 heteroatoms. The molecule has 0 saturated carbocycles. The van der Waals surface area contributed by atoms with Crippen molar-refractivity contribution < 1.29 is 14.6 Å². The van der Waals surface area contributed by atoms with E-state index >= 15 is 0 Å². The van der Waals surface area contributed by atoms with Crippen molar-refractivity contribution in [2.45, 2.75) is 6.10 Å². The Bertz CT molecular complexity index is 231. The van der Waals surface area contributed by atoms with E-state index in [0.717, 1.165) is 0 Å². The van der Waals surface area contributed by atoms with Crippen LogP contribution in [0.3, 0.4) is 0 Å². The zero-order chi connectivity index (χ0) is 12.2. The Balaban J connectivity index is 3.69. The highest BCUT2D eigenvalue weighted by Crippen LogP contribution is 1.93. The Morgan fingerprint density at radius 2 is 1.88 bits per heavy atom. The molecule has 16 heavy (non-hydrogen) atoms. The SMILES string of the molecule is COCCOCC(O)CN(CC#N)CC#N. The number of hydrogen-bond donors (Lipinski definition) is 1. The summed E-state index contributed by atoms with van der Waals surface area (Å²) >= 11 is 0. The van der Waals surface area contributed by atoms with Gasteiger partial charge in [0.15, 0.2) is 0 Å². The third-order valence-electron chi connectivity index (χ3n) is 1.80. The van der Waals surface area contributed by atoms with E-state index < -0.39 is 6.10 Å². The summed E-state index contributed by atoms with van der Waals surface area (Å²) in [7, 11) is 1.57. The Morgan fingerprint density at radius 1 is 1.25 bits per heavy atom. The molecule has 0 aliphatic carbocycles. The minimum absolute atomic E-state index is 0.128. The van der Waals surface area contributed by atoms with Gasteiger partial charge in [-0.05, 0) is 0 Å². The van der Waals surface area contributed by atoms with Crippen molar-refractivity contribution in [3.8, 4) is 12.1 Å². The quantitative estimate of drug-likeness (QED) is 0.416. The normalized spacial score (nSPS) is 12.1. The van der Waals surface area contributed by atoms with E-state index in [1.807, 2.05) is 12.1 Å². The standard InChI is InChI=1S/C10H17N3O3/c1-15-6-7-16-9-10(14)8-13(4-2-11)5-3-12/h10,14H,4-9H2,1H3. The Labute approximate surface area is 95.6 Å². The molecule has 1 atom stereocenters. The molecule has 0 amide bonds. The summed E-state index contributed by atoms with van der Waals surface area (Å²) in [5.74, 6) is 0. The lowest BCUT2D eigenvalue weighted by molar-refractivity contribution is 0.00231. The fourth-order valence-corrected chi connectivity index (χ4v) is 1.10. The largest absolute Gasteiger partial charge is 0.389 e. The fraction of sp³-hybridized carbons (Fsp3) is 0.800. The molecule has 1 unspecified atom stereocenters. The second kappa shape index (κ2) is 10.3. The molecule has 0 spiro atoms. The molecule has 1 N–H and O–H groups in total. The zero-order valence-corrected chi connectivity index (χ0v) is 9.43. The monoisotopic (exact) mass is 227 g/mol. The lowest BCUT2D eigenvalue weighted by atomic mass is 10.3. The summed E-state index contributed by atoms with van der Waals surface area (Å²) in [5.41, 5.74) is 0. The van der Waals surface area contributed by atoms with Crippen LogP contribution in [0.5, 0.6) is 0 Å². The summed E-state index contributed by atoms with van der Waals surface area (Å²) in [6.45, 7) is 1.59. The van der Waals surface area contributed by atoms with Crippen LogP contribution in [0, 0.1) is 22.7 Å². The van der Waals surface area contributed by atoms with Gasteiger partial charge in [-0.2, -0.15) is 10.5 Å². The number of aliphatic hydroxyl groups excluding tert-OH is 1. The Hall–Kier alpha value is -1.18. The van der Waals surface area contributed by atoms with Gasteiger partial charge in [-0.15, -0.1) is 0 Å². The molecule has 0 aromatic heterocycles. The van der Waals surface area contributed by atoms with Crippen molar-refractivity contribution in [3.63, 3.8) is 0 Å². The number of rotatable bonds is 9. The van der Waals surface area contributed by atoms with Crippen molar-refractivity contribution in [1.29, 1.82) is 10.5 Å². The maximum Gasteiger partial charge on any atom is 0.0900 e. The third-order valence-corrected chi connectivity index (χ3v) is 1.80. The van der Waals surface area contributed by atoms with E-state index in [9.17, 15) is 5.11 Å². The molecule has 6 nitrogen and oxygen atoms in total. The van der Waals surface area contributed by atoms with E-state index in [1.54, 1.807) is 12.0 Å². The lowest BCUT2D eigenvalue weighted by Crippen LogP contribution is -2.35. The van der Waals surface area contributed by atoms with Crippen LogP contribution < -0.4 is 0 Å². The maximum atomic E-state index is 9.55. The summed E-state index contributed by atoms with van der Waals surface area (Å²) in [4.78, 5) is 1.56. The van der Waals surface area contributed by atoms with Gasteiger partial charge in [0.05, 0.1) is 51.2 Å². The van der Waals surface area contributed by atoms with Crippen LogP contribution in [-0.2, 0) is 9.47 Å². The molecular weight excluding hydrogens is 210 g/mol. The van der Waals surface area contributed by atoms with Crippen LogP contribution in [0.1, 0.15) is 0 Å². The van der Waals surface area contributed by atoms with Crippen LogP contribution in [0.2, 0.25) is 0 Å². The zero-order valence-electron chi connectivity index (χ0n) is 9.43. The molecular formula is C10H17N3O3. The topological polar surface area (TPSA) is 89.5 Å². The summed E-state index contributed by atoms with van der Waals surface area (Å²) in [6.07, 6.45) is -0.696. The summed E-state index contributed by atoms with van der Waals surface area (Å²) in [5, 5.41) is 26.5. The van der Waals surface area contributed by atoms with E-state index in [0.29, 0.717) is 13.2 Å². The highest BCUT2D eigenvalue weighted by molar-refractivity contribution is 4.84. The number of methoxy groups -OCH3 is 1. The van der Waals surface area contributed by atoms with Gasteiger partial charge in [-0.1, -0.05) is 0 Å². The van der Waals surface area contributed by atoms with E-state index in [-0.39, 0.29) is 26.2 Å². The minimum atomic E-state index is -0.696. The minimum Gasteiger partial charge on any atom is -0.389 e. The Morgan fingerprint density at radius 3 is 2.38 bits per heavy atom. The fourth-order valence-electron chi connectivity index (χ4n) is 1.10. The number of nitrogens with zero attached hydrogens (tertiary/aromatic N) is 3. The molecule has 0 heterocycles. The molecule has 0 rings (SSSR count). The molecule has 0 aliphatic rings. The summed E-state index contributed by atoms with van der Waals surface area (Å²) < 4.78 is 9.90. The summed E-state index contributed by atoms with van der Waals surface area (Å²) in [6, 6.07) is 3.87. The second-order valence-electron chi connectivity index (χ2n) is 3.21. The van der Waals surface area contributed by atoms with Crippen LogP contribution in [0.4, 0.5) is 0 Å². The first kappa shape index (κ1) is 14.8. The molecule has 0 bridgehead atoms. The second-order valence-corrected chi connectivity index (χ2v) is 3.21. The lowest BCUT2D eigenvalue weighted by Gasteiger charge is -2.19. The van der Waals surface area contributed by atoms with E-state index in [4.69, 9.17) is 20.0 Å². The number of nitriles is 2. The molecule has 0 saturated heterocycles. The van der Waals surface area contributed by atoms with Gasteiger partial charge >= 0.3 is 0 Å². The highest BCUT2D eigenvalue weighted by Gasteiger charge is 2.11. The van der Waals surface area contributed by atoms with Crippen molar-refractivity contribution in [1.82, 2.24) is 4.90 Å². The number of ether oxygens (including phenoxy) is 2. The molecule has 0 radical (unpaired) electrons. The van der Waals surface area contributed by atoms with Gasteiger partial charge in [-0.3, -0.25) is 4.90 Å². The molecule has 90 valence electrons. The first-order chi connectivity index (χ1) is 7.74. The van der Waals surface area contributed by atoms with Crippen molar-refractivity contribution in [2.24, 2.45) is 0 Å². The van der Waals surface area contributed by atoms with Gasteiger partial charge in [0.25, 0.3) is 0 Å². The molecule has 0 fully saturated rings. The Kier molecular flexibility index (Phi) is 9.58. The highest BCUT2D eigenvalue weighted by atomic mass is 16.5. The first-order valence-corrected chi connectivity index (χ1v) is 4.95.